The molecule has 0 radical (unpaired) electrons. The number of nitrogens with one attached hydrogen (secondary N) is 1. The molecule has 0 unspecified atom stereocenters. The summed E-state index contributed by atoms with van der Waals surface area (Å²) in [6.45, 7) is 2.31. The van der Waals surface area contributed by atoms with Gasteiger partial charge in [0, 0.05) is 32.4 Å². The summed E-state index contributed by atoms with van der Waals surface area (Å²) >= 11 is 1.60. The summed E-state index contributed by atoms with van der Waals surface area (Å²) in [5.74, 6) is -0.146. The maximum atomic E-state index is 13.4. The van der Waals surface area contributed by atoms with Crippen molar-refractivity contribution in [1.29, 1.82) is 0 Å². The average molecular weight is 443 g/mol. The molecule has 7 nitrogen and oxygen atoms in total. The molecule has 4 heterocycles. The first-order valence-corrected chi connectivity index (χ1v) is 11.1. The van der Waals surface area contributed by atoms with Crippen molar-refractivity contribution in [1.82, 2.24) is 29.9 Å². The van der Waals surface area contributed by atoms with Crippen LogP contribution >= 0.6 is 11.3 Å². The molecule has 0 bridgehead atoms. The van der Waals surface area contributed by atoms with E-state index in [0.717, 1.165) is 38.3 Å². The van der Waals surface area contributed by atoms with Gasteiger partial charge in [0.05, 0.1) is 33.4 Å². The first-order chi connectivity index (χ1) is 15.5. The van der Waals surface area contributed by atoms with E-state index in [1.54, 1.807) is 20.7 Å². The largest absolute Gasteiger partial charge is 0.348 e. The third-order valence-corrected chi connectivity index (χ3v) is 6.35. The van der Waals surface area contributed by atoms with Gasteiger partial charge in [-0.3, -0.25) is 14.2 Å². The lowest BCUT2D eigenvalue weighted by atomic mass is 10.0. The van der Waals surface area contributed by atoms with Gasteiger partial charge in [-0.05, 0) is 35.6 Å². The summed E-state index contributed by atoms with van der Waals surface area (Å²) < 4.78 is 3.51. The number of pyridine rings is 1. The summed E-state index contributed by atoms with van der Waals surface area (Å²) in [7, 11) is 3.75. The summed E-state index contributed by atoms with van der Waals surface area (Å²) in [6.07, 6.45) is 3.80. The van der Waals surface area contributed by atoms with Crippen LogP contribution in [-0.4, -0.2) is 30.5 Å². The molecule has 1 amide bonds. The zero-order chi connectivity index (χ0) is 22.2. The second-order valence-electron chi connectivity index (χ2n) is 7.68. The van der Waals surface area contributed by atoms with Crippen LogP contribution in [-0.2, 0) is 20.6 Å². The maximum Gasteiger partial charge on any atom is 0.252 e. The van der Waals surface area contributed by atoms with E-state index in [2.05, 4.69) is 15.5 Å². The van der Waals surface area contributed by atoms with Gasteiger partial charge in [-0.15, -0.1) is 11.3 Å². The van der Waals surface area contributed by atoms with E-state index in [-0.39, 0.29) is 5.91 Å². The van der Waals surface area contributed by atoms with Crippen molar-refractivity contribution in [2.45, 2.75) is 13.5 Å². The number of benzene rings is 1. The number of rotatable bonds is 5. The minimum absolute atomic E-state index is 0.146. The van der Waals surface area contributed by atoms with Gasteiger partial charge in [-0.1, -0.05) is 30.3 Å². The van der Waals surface area contributed by atoms with Gasteiger partial charge < -0.3 is 5.32 Å². The molecule has 1 aromatic carbocycles. The molecule has 5 rings (SSSR count). The van der Waals surface area contributed by atoms with Gasteiger partial charge in [0.1, 0.15) is 0 Å². The smallest absolute Gasteiger partial charge is 0.252 e. The fourth-order valence-electron chi connectivity index (χ4n) is 3.96. The number of aryl methyl sites for hydroxylation is 3. The Kier molecular flexibility index (Phi) is 5.07. The molecular weight excluding hydrogens is 420 g/mol. The molecule has 0 aliphatic carbocycles. The van der Waals surface area contributed by atoms with Gasteiger partial charge in [-0.25, -0.2) is 4.98 Å². The van der Waals surface area contributed by atoms with Crippen LogP contribution in [0.3, 0.4) is 0 Å². The third-order valence-electron chi connectivity index (χ3n) is 5.46. The highest BCUT2D eigenvalue weighted by Gasteiger charge is 2.20. The van der Waals surface area contributed by atoms with Crippen LogP contribution in [0.2, 0.25) is 0 Å². The minimum atomic E-state index is -0.146. The molecule has 0 saturated carbocycles. The van der Waals surface area contributed by atoms with Gasteiger partial charge >= 0.3 is 0 Å². The van der Waals surface area contributed by atoms with Gasteiger partial charge in [-0.2, -0.15) is 10.2 Å². The van der Waals surface area contributed by atoms with Crippen LogP contribution in [0.25, 0.3) is 32.7 Å². The summed E-state index contributed by atoms with van der Waals surface area (Å²) in [5, 5.41) is 14.7. The van der Waals surface area contributed by atoms with Crippen LogP contribution in [0, 0.1) is 6.92 Å². The lowest BCUT2D eigenvalue weighted by Crippen LogP contribution is -2.23. The topological polar surface area (TPSA) is 77.6 Å². The predicted molar refractivity (Wildman–Crippen MR) is 126 cm³/mol. The number of thiophene rings is 1. The third kappa shape index (κ3) is 3.58. The van der Waals surface area contributed by atoms with Crippen LogP contribution in [0.1, 0.15) is 21.6 Å². The second-order valence-corrected chi connectivity index (χ2v) is 8.63. The van der Waals surface area contributed by atoms with E-state index in [9.17, 15) is 4.79 Å². The van der Waals surface area contributed by atoms with Crippen molar-refractivity contribution in [2.24, 2.45) is 14.1 Å². The Morgan fingerprint density at radius 1 is 1.16 bits per heavy atom. The van der Waals surface area contributed by atoms with E-state index in [4.69, 9.17) is 4.98 Å². The number of hydrogen-bond donors (Lipinski definition) is 1. The quantitative estimate of drug-likeness (QED) is 0.439. The highest BCUT2D eigenvalue weighted by Crippen LogP contribution is 2.29. The Labute approximate surface area is 189 Å². The number of hydrogen-bond acceptors (Lipinski definition) is 5. The first-order valence-electron chi connectivity index (χ1n) is 10.2. The molecule has 5 aromatic rings. The fourth-order valence-corrected chi connectivity index (χ4v) is 4.65. The summed E-state index contributed by atoms with van der Waals surface area (Å²) in [4.78, 5) is 19.2. The number of nitrogens with zero attached hydrogens (tertiary/aromatic N) is 5. The van der Waals surface area contributed by atoms with Gasteiger partial charge in [0.2, 0.25) is 0 Å². The van der Waals surface area contributed by atoms with Crippen molar-refractivity contribution in [3.8, 4) is 21.7 Å². The Hall–Kier alpha value is -3.78. The molecule has 0 aliphatic rings. The molecule has 32 heavy (non-hydrogen) atoms. The Morgan fingerprint density at radius 3 is 2.75 bits per heavy atom. The van der Waals surface area contributed by atoms with E-state index in [1.165, 1.54) is 0 Å². The van der Waals surface area contributed by atoms with Crippen molar-refractivity contribution in [2.75, 3.05) is 0 Å². The standard InChI is InChI=1S/C24H22N6OS/c1-15-22-19(11-20(21-9-6-10-32-21)27-23(22)30(3)28-15)24(31)25-12-16-7-4-5-8-18(16)17-13-26-29(2)14-17/h4-11,13-14H,12H2,1-3H3,(H,25,31). The zero-order valence-corrected chi connectivity index (χ0v) is 18.8. The first kappa shape index (κ1) is 20.1. The second kappa shape index (κ2) is 8.05. The van der Waals surface area contributed by atoms with Crippen LogP contribution in [0.15, 0.2) is 60.2 Å². The lowest BCUT2D eigenvalue weighted by Gasteiger charge is -2.11. The van der Waals surface area contributed by atoms with E-state index in [0.29, 0.717) is 17.8 Å². The normalized spacial score (nSPS) is 11.2. The highest BCUT2D eigenvalue weighted by molar-refractivity contribution is 7.13. The predicted octanol–water partition coefficient (Wildman–Crippen LogP) is 4.34. The molecule has 0 saturated heterocycles. The summed E-state index contributed by atoms with van der Waals surface area (Å²) in [5.41, 5.74) is 5.95. The van der Waals surface area contributed by atoms with Crippen molar-refractivity contribution < 1.29 is 4.79 Å². The molecule has 8 heteroatoms. The molecule has 0 spiro atoms. The van der Waals surface area contributed by atoms with E-state index in [1.807, 2.05) is 81.3 Å². The van der Waals surface area contributed by atoms with Crippen molar-refractivity contribution >= 4 is 28.3 Å². The number of carbonyl (C=O) groups excluding carboxylic acids is 1. The van der Waals surface area contributed by atoms with Gasteiger partial charge in [0.15, 0.2) is 5.65 Å². The molecular formula is C24H22N6OS. The van der Waals surface area contributed by atoms with Crippen molar-refractivity contribution in [3.05, 3.63) is 77.1 Å². The zero-order valence-electron chi connectivity index (χ0n) is 18.0. The van der Waals surface area contributed by atoms with Gasteiger partial charge in [0.25, 0.3) is 5.91 Å². The van der Waals surface area contributed by atoms with Crippen LogP contribution in [0.5, 0.6) is 0 Å². The fraction of sp³-hybridized carbons (Fsp3) is 0.167. The number of aromatic nitrogens is 5. The molecule has 0 aliphatic heterocycles. The Balaban J connectivity index is 1.50. The SMILES string of the molecule is Cc1nn(C)c2nc(-c3cccs3)cc(C(=O)NCc3ccccc3-c3cnn(C)c3)c12. The number of carbonyl (C=O) groups is 1. The lowest BCUT2D eigenvalue weighted by molar-refractivity contribution is 0.0952. The number of fused-ring (bicyclic) bond motifs is 1. The summed E-state index contributed by atoms with van der Waals surface area (Å²) in [6, 6.07) is 13.9. The molecule has 160 valence electrons. The molecule has 0 fully saturated rings. The van der Waals surface area contributed by atoms with E-state index < -0.39 is 0 Å². The molecule has 0 atom stereocenters. The van der Waals surface area contributed by atoms with Crippen LogP contribution < -0.4 is 5.32 Å². The van der Waals surface area contributed by atoms with E-state index >= 15 is 0 Å². The minimum Gasteiger partial charge on any atom is -0.348 e. The monoisotopic (exact) mass is 442 g/mol. The molecule has 4 aromatic heterocycles. The van der Waals surface area contributed by atoms with Crippen molar-refractivity contribution in [3.63, 3.8) is 0 Å². The number of amides is 1. The Bertz CT molecular complexity index is 1430. The average Bonchev–Trinajstić information content (AvgIpc) is 3.53. The maximum absolute atomic E-state index is 13.4. The Morgan fingerprint density at radius 2 is 2.00 bits per heavy atom. The van der Waals surface area contributed by atoms with Crippen LogP contribution in [0.4, 0.5) is 0 Å². The molecule has 1 N–H and O–H groups in total. The highest BCUT2D eigenvalue weighted by atomic mass is 32.1.